The van der Waals surface area contributed by atoms with Gasteiger partial charge >= 0.3 is 6.09 Å². The molecular weight excluding hydrogens is 426 g/mol. The van der Waals surface area contributed by atoms with Gasteiger partial charge in [-0.15, -0.1) is 0 Å². The van der Waals surface area contributed by atoms with Gasteiger partial charge in [0.25, 0.3) is 5.56 Å². The molecule has 1 saturated heterocycles. The van der Waals surface area contributed by atoms with Crippen LogP contribution in [0.25, 0.3) is 10.9 Å². The number of hydrogen-bond acceptors (Lipinski definition) is 6. The van der Waals surface area contributed by atoms with Gasteiger partial charge in [-0.2, -0.15) is 0 Å². The number of carbonyl (C=O) groups excluding carboxylic acids is 1. The number of benzene rings is 1. The van der Waals surface area contributed by atoms with Crippen LogP contribution in [-0.2, 0) is 11.8 Å². The highest BCUT2D eigenvalue weighted by Crippen LogP contribution is 2.22. The van der Waals surface area contributed by atoms with E-state index in [1.54, 1.807) is 13.1 Å². The summed E-state index contributed by atoms with van der Waals surface area (Å²) in [5.74, 6) is 0.508. The van der Waals surface area contributed by atoms with E-state index in [4.69, 9.17) is 4.74 Å². The van der Waals surface area contributed by atoms with Crippen LogP contribution in [0.3, 0.4) is 0 Å². The molecule has 1 atom stereocenters. The number of fused-ring (bicyclic) bond motifs is 1. The van der Waals surface area contributed by atoms with Crippen LogP contribution < -0.4 is 16.3 Å². The molecule has 1 aliphatic heterocycles. The lowest BCUT2D eigenvalue weighted by Crippen LogP contribution is -2.52. The van der Waals surface area contributed by atoms with Crippen molar-refractivity contribution in [3.8, 4) is 0 Å². The number of nitrogens with one attached hydrogen (secondary N) is 2. The van der Waals surface area contributed by atoms with Gasteiger partial charge in [0.1, 0.15) is 5.60 Å². The Bertz CT molecular complexity index is 938. The summed E-state index contributed by atoms with van der Waals surface area (Å²) in [6.45, 7) is 6.82. The van der Waals surface area contributed by atoms with Crippen molar-refractivity contribution < 1.29 is 9.53 Å². The van der Waals surface area contributed by atoms with Gasteiger partial charge in [-0.05, 0) is 61.7 Å². The molecule has 152 valence electrons. The summed E-state index contributed by atoms with van der Waals surface area (Å²) in [5.41, 5.74) is 2.78. The maximum atomic E-state index is 12.7. The lowest BCUT2D eigenvalue weighted by molar-refractivity contribution is 0.0289. The lowest BCUT2D eigenvalue weighted by Gasteiger charge is -2.34. The minimum Gasteiger partial charge on any atom is -0.443 e. The van der Waals surface area contributed by atoms with E-state index < -0.39 is 11.7 Å². The first-order valence-corrected chi connectivity index (χ1v) is 10.1. The first-order valence-electron chi connectivity index (χ1n) is 9.30. The van der Waals surface area contributed by atoms with Gasteiger partial charge in [0.2, 0.25) is 5.95 Å². The van der Waals surface area contributed by atoms with Crippen molar-refractivity contribution in [1.82, 2.24) is 20.0 Å². The lowest BCUT2D eigenvalue weighted by atomic mass is 10.1. The summed E-state index contributed by atoms with van der Waals surface area (Å²) >= 11 is 3.47. The second-order valence-electron chi connectivity index (χ2n) is 7.98. The minimum atomic E-state index is -0.543. The van der Waals surface area contributed by atoms with Crippen molar-refractivity contribution in [3.05, 3.63) is 33.0 Å². The quantitative estimate of drug-likeness (QED) is 0.745. The molecule has 1 amide bonds. The van der Waals surface area contributed by atoms with Gasteiger partial charge in [-0.1, -0.05) is 6.07 Å². The number of aromatic nitrogens is 2. The Kier molecular flexibility index (Phi) is 5.95. The van der Waals surface area contributed by atoms with E-state index in [9.17, 15) is 9.59 Å². The van der Waals surface area contributed by atoms with Crippen molar-refractivity contribution in [2.75, 3.05) is 18.4 Å². The van der Waals surface area contributed by atoms with Crippen molar-refractivity contribution >= 4 is 38.9 Å². The zero-order valence-electron chi connectivity index (χ0n) is 16.6. The summed E-state index contributed by atoms with van der Waals surface area (Å²) in [7, 11) is 1.71. The summed E-state index contributed by atoms with van der Waals surface area (Å²) in [5, 5.41) is 5.76. The molecule has 28 heavy (non-hydrogen) atoms. The Morgan fingerprint density at radius 2 is 2.11 bits per heavy atom. The van der Waals surface area contributed by atoms with Crippen molar-refractivity contribution in [3.63, 3.8) is 0 Å². The van der Waals surface area contributed by atoms with Gasteiger partial charge in [0, 0.05) is 30.7 Å². The highest BCUT2D eigenvalue weighted by Gasteiger charge is 2.24. The van der Waals surface area contributed by atoms with Gasteiger partial charge in [0.05, 0.1) is 10.9 Å². The van der Waals surface area contributed by atoms with E-state index in [0.29, 0.717) is 23.4 Å². The third-order valence-corrected chi connectivity index (χ3v) is 5.10. The molecule has 0 saturated carbocycles. The van der Waals surface area contributed by atoms with Crippen LogP contribution in [0.2, 0.25) is 0 Å². The van der Waals surface area contributed by atoms with Gasteiger partial charge < -0.3 is 10.1 Å². The van der Waals surface area contributed by atoms with E-state index in [0.717, 1.165) is 23.9 Å². The Morgan fingerprint density at radius 1 is 1.36 bits per heavy atom. The molecule has 1 aromatic heterocycles. The van der Waals surface area contributed by atoms with Crippen LogP contribution >= 0.6 is 15.9 Å². The normalized spacial score (nSPS) is 18.1. The number of piperidine rings is 1. The van der Waals surface area contributed by atoms with Gasteiger partial charge in [0.15, 0.2) is 0 Å². The highest BCUT2D eigenvalue weighted by atomic mass is 79.9. The number of halogens is 1. The molecule has 2 aromatic rings. The molecule has 8 nitrogen and oxygen atoms in total. The zero-order chi connectivity index (χ0) is 20.5. The molecular formula is C19H26BrN5O3. The van der Waals surface area contributed by atoms with Gasteiger partial charge in [-0.3, -0.25) is 14.8 Å². The molecule has 2 heterocycles. The SMILES string of the molecule is Cn1c(NC2CCCN(NC(=O)OC(C)(C)C)C2)nc2c(Br)cccc2c1=O. The molecule has 0 aliphatic carbocycles. The third kappa shape index (κ3) is 4.82. The monoisotopic (exact) mass is 451 g/mol. The van der Waals surface area contributed by atoms with Crippen molar-refractivity contribution in [2.45, 2.75) is 45.3 Å². The minimum absolute atomic E-state index is 0.0433. The van der Waals surface area contributed by atoms with Crippen molar-refractivity contribution in [2.24, 2.45) is 7.05 Å². The van der Waals surface area contributed by atoms with Crippen LogP contribution in [0.15, 0.2) is 27.5 Å². The topological polar surface area (TPSA) is 88.5 Å². The second kappa shape index (κ2) is 8.08. The fourth-order valence-corrected chi connectivity index (χ4v) is 3.65. The number of rotatable bonds is 3. The number of hydrazine groups is 1. The number of ether oxygens (including phenoxy) is 1. The molecule has 9 heteroatoms. The molecule has 1 aliphatic rings. The molecule has 0 bridgehead atoms. The molecule has 2 N–H and O–H groups in total. The van der Waals surface area contributed by atoms with E-state index >= 15 is 0 Å². The van der Waals surface area contributed by atoms with Crippen LogP contribution in [0.1, 0.15) is 33.6 Å². The second-order valence-corrected chi connectivity index (χ2v) is 8.83. The fraction of sp³-hybridized carbons (Fsp3) is 0.526. The maximum absolute atomic E-state index is 12.7. The number of para-hydroxylation sites is 1. The van der Waals surface area contributed by atoms with Crippen LogP contribution in [-0.4, -0.2) is 45.4 Å². The van der Waals surface area contributed by atoms with Crippen LogP contribution in [0.5, 0.6) is 0 Å². The first kappa shape index (κ1) is 20.6. The first-order chi connectivity index (χ1) is 13.1. The summed E-state index contributed by atoms with van der Waals surface area (Å²) in [6, 6.07) is 5.50. The smallest absolute Gasteiger partial charge is 0.422 e. The molecule has 3 rings (SSSR count). The summed E-state index contributed by atoms with van der Waals surface area (Å²) in [4.78, 5) is 29.3. The maximum Gasteiger partial charge on any atom is 0.422 e. The number of hydrogen-bond donors (Lipinski definition) is 2. The standard InChI is InChI=1S/C19H26BrN5O3/c1-19(2,3)28-18(27)23-25-10-6-7-12(11-25)21-17-22-15-13(16(26)24(17)4)8-5-9-14(15)20/h5,8-9,12H,6-7,10-11H2,1-4H3,(H,21,22)(H,23,27). The van der Waals surface area contributed by atoms with Gasteiger partial charge in [-0.25, -0.2) is 14.8 Å². The number of nitrogens with zero attached hydrogens (tertiary/aromatic N) is 3. The van der Waals surface area contributed by atoms with E-state index in [1.165, 1.54) is 4.57 Å². The predicted octanol–water partition coefficient (Wildman–Crippen LogP) is 3.01. The number of amides is 1. The molecule has 1 fully saturated rings. The molecule has 0 spiro atoms. The number of anilines is 1. The Morgan fingerprint density at radius 3 is 2.82 bits per heavy atom. The van der Waals surface area contributed by atoms with Crippen molar-refractivity contribution in [1.29, 1.82) is 0 Å². The Balaban J connectivity index is 1.73. The molecule has 0 radical (unpaired) electrons. The fourth-order valence-electron chi connectivity index (χ4n) is 3.20. The average molecular weight is 452 g/mol. The Hall–Kier alpha value is -2.13. The van der Waals surface area contributed by atoms with Crippen LogP contribution in [0, 0.1) is 0 Å². The molecule has 1 aromatic carbocycles. The predicted molar refractivity (Wildman–Crippen MR) is 112 cm³/mol. The third-order valence-electron chi connectivity index (χ3n) is 4.46. The van der Waals surface area contributed by atoms with Crippen LogP contribution in [0.4, 0.5) is 10.7 Å². The number of carbonyl (C=O) groups is 1. The van der Waals surface area contributed by atoms with E-state index in [1.807, 2.05) is 37.9 Å². The summed E-state index contributed by atoms with van der Waals surface area (Å²) < 4.78 is 7.62. The largest absolute Gasteiger partial charge is 0.443 e. The zero-order valence-corrected chi connectivity index (χ0v) is 18.2. The summed E-state index contributed by atoms with van der Waals surface area (Å²) in [6.07, 6.45) is 1.35. The van der Waals surface area contributed by atoms with E-state index in [-0.39, 0.29) is 11.6 Å². The highest BCUT2D eigenvalue weighted by molar-refractivity contribution is 9.10. The average Bonchev–Trinajstić information content (AvgIpc) is 2.59. The Labute approximate surface area is 172 Å². The molecule has 1 unspecified atom stereocenters. The van der Waals surface area contributed by atoms with E-state index in [2.05, 4.69) is 31.7 Å².